The molecule has 0 saturated carbocycles. The molecule has 0 aliphatic heterocycles. The topological polar surface area (TPSA) is 0 Å². The summed E-state index contributed by atoms with van der Waals surface area (Å²) in [6.45, 7) is 18.3. The van der Waals surface area contributed by atoms with Crippen LogP contribution in [0.1, 0.15) is 81.1 Å². The molecule has 0 rings (SSSR count). The molecule has 0 atom stereocenters. The Kier molecular flexibility index (Phi) is 7.05. The van der Waals surface area contributed by atoms with Gasteiger partial charge >= 0.3 is 0 Å². The van der Waals surface area contributed by atoms with Crippen LogP contribution in [-0.4, -0.2) is 0 Å². The van der Waals surface area contributed by atoms with Crippen LogP contribution >= 0.6 is 0 Å². The van der Waals surface area contributed by atoms with Gasteiger partial charge in [-0.3, -0.25) is 0 Å². The third-order valence-electron chi connectivity index (χ3n) is 3.43. The van der Waals surface area contributed by atoms with Gasteiger partial charge in [-0.15, -0.1) is 0 Å². The summed E-state index contributed by atoms with van der Waals surface area (Å²) in [7, 11) is 0. The Balaban J connectivity index is 4.42. The highest BCUT2D eigenvalue weighted by atomic mass is 14.2. The Morgan fingerprint density at radius 3 is 1.17 bits per heavy atom. The van der Waals surface area contributed by atoms with Crippen molar-refractivity contribution in [2.24, 2.45) is 22.7 Å². The van der Waals surface area contributed by atoms with Crippen molar-refractivity contribution in [3.8, 4) is 11.8 Å². The fourth-order valence-electron chi connectivity index (χ4n) is 1.76. The number of rotatable bonds is 6. The second-order valence-corrected chi connectivity index (χ2v) is 7.88. The van der Waals surface area contributed by atoms with E-state index in [1.807, 2.05) is 0 Å². The first-order valence-corrected chi connectivity index (χ1v) is 7.58. The zero-order valence-corrected chi connectivity index (χ0v) is 14.0. The summed E-state index contributed by atoms with van der Waals surface area (Å²) in [5, 5.41) is 0. The maximum absolute atomic E-state index is 3.53. The van der Waals surface area contributed by atoms with Crippen LogP contribution in [-0.2, 0) is 0 Å². The van der Waals surface area contributed by atoms with Crippen LogP contribution in [0.25, 0.3) is 0 Å². The lowest BCUT2D eigenvalue weighted by molar-refractivity contribution is 0.382. The maximum Gasteiger partial charge on any atom is 0.0258 e. The second kappa shape index (κ2) is 7.22. The average Bonchev–Trinajstić information content (AvgIpc) is 2.22. The summed E-state index contributed by atoms with van der Waals surface area (Å²) in [4.78, 5) is 0. The van der Waals surface area contributed by atoms with Gasteiger partial charge in [-0.1, -0.05) is 39.5 Å². The molecule has 0 aromatic rings. The van der Waals surface area contributed by atoms with E-state index in [4.69, 9.17) is 0 Å². The van der Waals surface area contributed by atoms with Crippen LogP contribution in [0.15, 0.2) is 0 Å². The molecule has 0 aromatic carbocycles. The van der Waals surface area contributed by atoms with Gasteiger partial charge in [0, 0.05) is 10.8 Å². The lowest BCUT2D eigenvalue weighted by Crippen LogP contribution is -2.14. The molecule has 0 nitrogen and oxygen atoms in total. The molecule has 0 saturated heterocycles. The predicted octanol–water partition coefficient (Wildman–Crippen LogP) is 5.91. The Bertz CT molecular complexity index is 253. The normalized spacial score (nSPS) is 12.8. The highest BCUT2D eigenvalue weighted by molar-refractivity contribution is 5.14. The number of hydrogen-bond donors (Lipinski definition) is 0. The Morgan fingerprint density at radius 2 is 0.944 bits per heavy atom. The molecule has 0 bridgehead atoms. The summed E-state index contributed by atoms with van der Waals surface area (Å²) in [6.07, 6.45) is 4.96. The Hall–Kier alpha value is -0.440. The van der Waals surface area contributed by atoms with Gasteiger partial charge in [0.2, 0.25) is 0 Å². The van der Waals surface area contributed by atoms with Crippen LogP contribution < -0.4 is 0 Å². The van der Waals surface area contributed by atoms with Crippen molar-refractivity contribution < 1.29 is 0 Å². The van der Waals surface area contributed by atoms with Crippen LogP contribution in [0.2, 0.25) is 0 Å². The third kappa shape index (κ3) is 9.58. The van der Waals surface area contributed by atoms with Crippen LogP contribution in [0.3, 0.4) is 0 Å². The minimum absolute atomic E-state index is 0.166. The summed E-state index contributed by atoms with van der Waals surface area (Å²) < 4.78 is 0. The summed E-state index contributed by atoms with van der Waals surface area (Å²) in [6, 6.07) is 0. The highest BCUT2D eigenvalue weighted by Gasteiger charge is 2.18. The molecule has 0 fully saturated rings. The van der Waals surface area contributed by atoms with Gasteiger partial charge in [0.05, 0.1) is 0 Å². The second-order valence-electron chi connectivity index (χ2n) is 7.88. The smallest absolute Gasteiger partial charge is 0.0258 e. The largest absolute Gasteiger partial charge is 0.0965 e. The minimum atomic E-state index is 0.166. The molecule has 0 spiro atoms. The molecule has 0 aliphatic rings. The van der Waals surface area contributed by atoms with Crippen molar-refractivity contribution in [3.63, 3.8) is 0 Å². The molecule has 106 valence electrons. The molecule has 18 heavy (non-hydrogen) atoms. The molecule has 0 radical (unpaired) electrons. The van der Waals surface area contributed by atoms with E-state index in [0.29, 0.717) is 0 Å². The van der Waals surface area contributed by atoms with Crippen molar-refractivity contribution in [1.29, 1.82) is 0 Å². The van der Waals surface area contributed by atoms with Crippen molar-refractivity contribution in [2.75, 3.05) is 0 Å². The molecular formula is C18H34. The molecular weight excluding hydrogens is 216 g/mol. The van der Waals surface area contributed by atoms with Crippen LogP contribution in [0.5, 0.6) is 0 Å². The van der Waals surface area contributed by atoms with Gasteiger partial charge in [-0.2, -0.15) is 0 Å². The zero-order chi connectivity index (χ0) is 14.4. The fourth-order valence-corrected chi connectivity index (χ4v) is 1.76. The van der Waals surface area contributed by atoms with Gasteiger partial charge in [0.1, 0.15) is 0 Å². The monoisotopic (exact) mass is 250 g/mol. The van der Waals surface area contributed by atoms with Crippen molar-refractivity contribution >= 4 is 0 Å². The molecule has 0 N–H and O–H groups in total. The lowest BCUT2D eigenvalue weighted by atomic mass is 9.81. The first-order valence-electron chi connectivity index (χ1n) is 7.58. The standard InChI is InChI=1S/C18H34/c1-15(2)9-11-17(5,6)13-14-18(7,8)12-10-16(3)4/h15-16H,9-12H2,1-8H3. The SMILES string of the molecule is CC(C)CCC(C)(C)C#CC(C)(C)CCC(C)C. The third-order valence-corrected chi connectivity index (χ3v) is 3.43. The van der Waals surface area contributed by atoms with Gasteiger partial charge in [-0.25, -0.2) is 0 Å². The van der Waals surface area contributed by atoms with Gasteiger partial charge in [0.25, 0.3) is 0 Å². The van der Waals surface area contributed by atoms with E-state index in [-0.39, 0.29) is 10.8 Å². The van der Waals surface area contributed by atoms with E-state index in [2.05, 4.69) is 67.2 Å². The summed E-state index contributed by atoms with van der Waals surface area (Å²) >= 11 is 0. The maximum atomic E-state index is 3.53. The highest BCUT2D eigenvalue weighted by Crippen LogP contribution is 2.27. The predicted molar refractivity (Wildman–Crippen MR) is 83.5 cm³/mol. The first kappa shape index (κ1) is 17.6. The van der Waals surface area contributed by atoms with E-state index in [0.717, 1.165) is 11.8 Å². The average molecular weight is 250 g/mol. The van der Waals surface area contributed by atoms with E-state index < -0.39 is 0 Å². The van der Waals surface area contributed by atoms with E-state index in [1.54, 1.807) is 0 Å². The molecule has 0 heteroatoms. The fraction of sp³-hybridized carbons (Fsp3) is 0.889. The van der Waals surface area contributed by atoms with E-state index in [1.165, 1.54) is 25.7 Å². The molecule has 0 heterocycles. The summed E-state index contributed by atoms with van der Waals surface area (Å²) in [5.41, 5.74) is 0.332. The van der Waals surface area contributed by atoms with E-state index >= 15 is 0 Å². The van der Waals surface area contributed by atoms with Crippen LogP contribution in [0.4, 0.5) is 0 Å². The molecule has 0 unspecified atom stereocenters. The lowest BCUT2D eigenvalue weighted by Gasteiger charge is -2.22. The van der Waals surface area contributed by atoms with Crippen molar-refractivity contribution in [2.45, 2.75) is 81.1 Å². The molecule has 0 amide bonds. The van der Waals surface area contributed by atoms with Gasteiger partial charge < -0.3 is 0 Å². The Morgan fingerprint density at radius 1 is 0.667 bits per heavy atom. The van der Waals surface area contributed by atoms with E-state index in [9.17, 15) is 0 Å². The summed E-state index contributed by atoms with van der Waals surface area (Å²) in [5.74, 6) is 8.61. The van der Waals surface area contributed by atoms with Crippen LogP contribution in [0, 0.1) is 34.5 Å². The van der Waals surface area contributed by atoms with Crippen molar-refractivity contribution in [1.82, 2.24) is 0 Å². The zero-order valence-electron chi connectivity index (χ0n) is 14.0. The minimum Gasteiger partial charge on any atom is -0.0965 e. The quantitative estimate of drug-likeness (QED) is 0.514. The first-order chi connectivity index (χ1) is 8.04. The number of hydrogen-bond acceptors (Lipinski definition) is 0. The molecule has 0 aliphatic carbocycles. The van der Waals surface area contributed by atoms with Gasteiger partial charge in [0.15, 0.2) is 0 Å². The molecule has 0 aromatic heterocycles. The van der Waals surface area contributed by atoms with Crippen molar-refractivity contribution in [3.05, 3.63) is 0 Å². The van der Waals surface area contributed by atoms with Gasteiger partial charge in [-0.05, 0) is 65.2 Å². The Labute approximate surface area is 116 Å².